The van der Waals surface area contributed by atoms with Crippen molar-refractivity contribution < 1.29 is 0 Å². The summed E-state index contributed by atoms with van der Waals surface area (Å²) in [7, 11) is 0. The largest absolute Gasteiger partial charge is 0.292 e. The molecule has 0 aromatic rings. The molecule has 0 aliphatic carbocycles. The van der Waals surface area contributed by atoms with Crippen LogP contribution in [0.5, 0.6) is 0 Å². The van der Waals surface area contributed by atoms with Gasteiger partial charge in [0.05, 0.1) is 0 Å². The molecule has 1 fully saturated rings. The molecule has 0 bridgehead atoms. The molecule has 1 rings (SSSR count). The summed E-state index contributed by atoms with van der Waals surface area (Å²) < 4.78 is 0. The van der Waals surface area contributed by atoms with Crippen LogP contribution in [-0.4, -0.2) is 23.4 Å². The summed E-state index contributed by atoms with van der Waals surface area (Å²) in [6.07, 6.45) is 2.73. The minimum absolute atomic E-state index is 0.443. The normalized spacial score (nSPS) is 24.8. The Hall–Kier alpha value is 0.310. The monoisotopic (exact) mass is 187 g/mol. The topological polar surface area (TPSA) is 3.24 Å². The first kappa shape index (κ1) is 10.4. The van der Waals surface area contributed by atoms with Crippen LogP contribution in [0.15, 0.2) is 0 Å². The van der Waals surface area contributed by atoms with E-state index in [0.717, 1.165) is 11.8 Å². The second-order valence-electron chi connectivity index (χ2n) is 4.25. The smallest absolute Gasteiger partial charge is 0.0499 e. The number of hydrogen-bond acceptors (Lipinski definition) is 2. The SMILES string of the molecule is CC(C)C1CCN(C(C)S)CC1. The molecule has 72 valence electrons. The number of likely N-dealkylation sites (tertiary alicyclic amines) is 1. The summed E-state index contributed by atoms with van der Waals surface area (Å²) in [6.45, 7) is 9.33. The van der Waals surface area contributed by atoms with E-state index in [9.17, 15) is 0 Å². The standard InChI is InChI=1S/C10H21NS/c1-8(2)10-4-6-11(7-5-10)9(3)12/h8-10,12H,4-7H2,1-3H3. The zero-order valence-electron chi connectivity index (χ0n) is 8.45. The van der Waals surface area contributed by atoms with Gasteiger partial charge in [-0.2, -0.15) is 12.6 Å². The van der Waals surface area contributed by atoms with E-state index in [2.05, 4.69) is 38.3 Å². The van der Waals surface area contributed by atoms with Crippen LogP contribution in [0.25, 0.3) is 0 Å². The molecule has 0 aromatic carbocycles. The van der Waals surface area contributed by atoms with Crippen molar-refractivity contribution in [1.29, 1.82) is 0 Å². The van der Waals surface area contributed by atoms with Gasteiger partial charge in [-0.1, -0.05) is 13.8 Å². The third kappa shape index (κ3) is 2.67. The van der Waals surface area contributed by atoms with Gasteiger partial charge in [-0.25, -0.2) is 0 Å². The Kier molecular flexibility index (Phi) is 3.91. The molecule has 2 heteroatoms. The van der Waals surface area contributed by atoms with Crippen LogP contribution in [0.4, 0.5) is 0 Å². The zero-order valence-corrected chi connectivity index (χ0v) is 9.35. The highest BCUT2D eigenvalue weighted by Crippen LogP contribution is 2.25. The second kappa shape index (κ2) is 4.52. The van der Waals surface area contributed by atoms with Gasteiger partial charge in [0.25, 0.3) is 0 Å². The predicted octanol–water partition coefficient (Wildman–Crippen LogP) is 2.63. The van der Waals surface area contributed by atoms with E-state index in [1.165, 1.54) is 25.9 Å². The second-order valence-corrected chi connectivity index (χ2v) is 5.00. The molecule has 0 N–H and O–H groups in total. The Labute approximate surface area is 81.9 Å². The molecule has 1 saturated heterocycles. The highest BCUT2D eigenvalue weighted by molar-refractivity contribution is 7.80. The van der Waals surface area contributed by atoms with Crippen LogP contribution in [0.1, 0.15) is 33.6 Å². The lowest BCUT2D eigenvalue weighted by molar-refractivity contribution is 0.154. The molecule has 0 spiro atoms. The van der Waals surface area contributed by atoms with Crippen molar-refractivity contribution in [2.75, 3.05) is 13.1 Å². The third-order valence-electron chi connectivity index (χ3n) is 3.05. The molecule has 0 radical (unpaired) electrons. The summed E-state index contributed by atoms with van der Waals surface area (Å²) in [6, 6.07) is 0. The summed E-state index contributed by atoms with van der Waals surface area (Å²) in [5.74, 6) is 1.82. The van der Waals surface area contributed by atoms with Crippen molar-refractivity contribution in [2.45, 2.75) is 39.0 Å². The van der Waals surface area contributed by atoms with Gasteiger partial charge in [0, 0.05) is 5.37 Å². The number of thiol groups is 1. The van der Waals surface area contributed by atoms with Crippen LogP contribution in [0, 0.1) is 11.8 Å². The van der Waals surface area contributed by atoms with Crippen LogP contribution in [-0.2, 0) is 0 Å². The average Bonchev–Trinajstić information content (AvgIpc) is 2.04. The van der Waals surface area contributed by atoms with E-state index in [1.807, 2.05) is 0 Å². The van der Waals surface area contributed by atoms with Gasteiger partial charge in [-0.3, -0.25) is 4.90 Å². The molecular formula is C10H21NS. The van der Waals surface area contributed by atoms with Crippen molar-refractivity contribution >= 4 is 12.6 Å². The summed E-state index contributed by atoms with van der Waals surface area (Å²) in [4.78, 5) is 2.46. The molecule has 12 heavy (non-hydrogen) atoms. The maximum Gasteiger partial charge on any atom is 0.0499 e. The maximum absolute atomic E-state index is 4.45. The first-order valence-corrected chi connectivity index (χ1v) is 5.55. The van der Waals surface area contributed by atoms with Crippen LogP contribution >= 0.6 is 12.6 Å². The van der Waals surface area contributed by atoms with Gasteiger partial charge in [0.2, 0.25) is 0 Å². The van der Waals surface area contributed by atoms with E-state index >= 15 is 0 Å². The van der Waals surface area contributed by atoms with Crippen molar-refractivity contribution in [3.8, 4) is 0 Å². The van der Waals surface area contributed by atoms with Crippen molar-refractivity contribution in [3.05, 3.63) is 0 Å². The fourth-order valence-corrected chi connectivity index (χ4v) is 2.19. The summed E-state index contributed by atoms with van der Waals surface area (Å²) >= 11 is 4.45. The lowest BCUT2D eigenvalue weighted by Gasteiger charge is -2.35. The Bertz CT molecular complexity index is 110. The Balaban J connectivity index is 2.30. The van der Waals surface area contributed by atoms with Crippen LogP contribution < -0.4 is 0 Å². The molecule has 1 heterocycles. The molecule has 1 nitrogen and oxygen atoms in total. The minimum atomic E-state index is 0.443. The molecule has 0 aromatic heterocycles. The number of piperidine rings is 1. The molecule has 0 amide bonds. The highest BCUT2D eigenvalue weighted by Gasteiger charge is 2.22. The lowest BCUT2D eigenvalue weighted by atomic mass is 9.87. The van der Waals surface area contributed by atoms with Gasteiger partial charge >= 0.3 is 0 Å². The van der Waals surface area contributed by atoms with E-state index < -0.39 is 0 Å². The first-order valence-electron chi connectivity index (χ1n) is 5.03. The molecule has 1 unspecified atom stereocenters. The van der Waals surface area contributed by atoms with E-state index in [-0.39, 0.29) is 0 Å². The average molecular weight is 187 g/mol. The molecule has 1 aliphatic rings. The Morgan fingerprint density at radius 2 is 1.67 bits per heavy atom. The number of hydrogen-bond donors (Lipinski definition) is 1. The molecule has 1 aliphatic heterocycles. The minimum Gasteiger partial charge on any atom is -0.292 e. The van der Waals surface area contributed by atoms with Gasteiger partial charge in [0.1, 0.15) is 0 Å². The fraction of sp³-hybridized carbons (Fsp3) is 1.00. The zero-order chi connectivity index (χ0) is 9.14. The van der Waals surface area contributed by atoms with Gasteiger partial charge < -0.3 is 0 Å². The van der Waals surface area contributed by atoms with Gasteiger partial charge in [-0.05, 0) is 44.7 Å². The van der Waals surface area contributed by atoms with Gasteiger partial charge in [0.15, 0.2) is 0 Å². The summed E-state index contributed by atoms with van der Waals surface area (Å²) in [5.41, 5.74) is 0. The lowest BCUT2D eigenvalue weighted by Crippen LogP contribution is -2.38. The quantitative estimate of drug-likeness (QED) is 0.650. The van der Waals surface area contributed by atoms with E-state index in [0.29, 0.717) is 5.37 Å². The highest BCUT2D eigenvalue weighted by atomic mass is 32.1. The van der Waals surface area contributed by atoms with Gasteiger partial charge in [-0.15, -0.1) is 0 Å². The van der Waals surface area contributed by atoms with E-state index in [1.54, 1.807) is 0 Å². The van der Waals surface area contributed by atoms with Crippen molar-refractivity contribution in [1.82, 2.24) is 4.90 Å². The molecule has 1 atom stereocenters. The number of nitrogens with zero attached hydrogens (tertiary/aromatic N) is 1. The van der Waals surface area contributed by atoms with Crippen molar-refractivity contribution in [3.63, 3.8) is 0 Å². The Morgan fingerprint density at radius 3 is 2.00 bits per heavy atom. The number of rotatable bonds is 2. The van der Waals surface area contributed by atoms with Crippen LogP contribution in [0.3, 0.4) is 0 Å². The first-order chi connectivity index (χ1) is 5.61. The van der Waals surface area contributed by atoms with E-state index in [4.69, 9.17) is 0 Å². The molecule has 0 saturated carbocycles. The fourth-order valence-electron chi connectivity index (χ4n) is 1.96. The molecular weight excluding hydrogens is 166 g/mol. The van der Waals surface area contributed by atoms with Crippen molar-refractivity contribution in [2.24, 2.45) is 11.8 Å². The third-order valence-corrected chi connectivity index (χ3v) is 3.37. The summed E-state index contributed by atoms with van der Waals surface area (Å²) in [5, 5.41) is 0.443. The Morgan fingerprint density at radius 1 is 1.17 bits per heavy atom. The van der Waals surface area contributed by atoms with Crippen LogP contribution in [0.2, 0.25) is 0 Å². The predicted molar refractivity (Wildman–Crippen MR) is 57.6 cm³/mol. The maximum atomic E-state index is 4.45.